The molecule has 5 heteroatoms. The smallest absolute Gasteiger partial charge is 0.196 e. The molecule has 0 fully saturated rings. The molecule has 1 aliphatic heterocycles. The summed E-state index contributed by atoms with van der Waals surface area (Å²) < 4.78 is 0.799. The molecule has 0 spiro atoms. The van der Waals surface area contributed by atoms with Gasteiger partial charge in [0.25, 0.3) is 0 Å². The summed E-state index contributed by atoms with van der Waals surface area (Å²) in [6, 6.07) is 0. The first-order chi connectivity index (χ1) is 4.18. The maximum atomic E-state index is 5.37. The molecule has 3 N–H and O–H groups in total. The second-order valence-corrected chi connectivity index (χ2v) is 2.71. The van der Waals surface area contributed by atoms with Crippen LogP contribution >= 0.6 is 22.6 Å². The predicted molar refractivity (Wildman–Crippen MR) is 45.7 cm³/mol. The van der Waals surface area contributed by atoms with Gasteiger partial charge < -0.3 is 11.1 Å². The third-order valence-corrected chi connectivity index (χ3v) is 1.41. The zero-order valence-electron chi connectivity index (χ0n) is 4.93. The topological polar surface area (TPSA) is 62.8 Å². The Bertz CT molecular complexity index is 155. The Morgan fingerprint density at radius 2 is 2.33 bits per heavy atom. The number of hydrogen-bond acceptors (Lipinski definition) is 4. The first-order valence-electron chi connectivity index (χ1n) is 2.52. The fraction of sp³-hybridized carbons (Fsp3) is 0.500. The minimum absolute atomic E-state index is 0.0295. The minimum atomic E-state index is -0.0295. The van der Waals surface area contributed by atoms with E-state index >= 15 is 0 Å². The van der Waals surface area contributed by atoms with Crippen LogP contribution in [-0.4, -0.2) is 16.0 Å². The number of nitrogens with two attached hydrogens (primary N) is 1. The van der Waals surface area contributed by atoms with Crippen molar-refractivity contribution >= 4 is 32.4 Å². The van der Waals surface area contributed by atoms with Gasteiger partial charge in [-0.15, -0.1) is 0 Å². The lowest BCUT2D eigenvalue weighted by Crippen LogP contribution is -2.38. The van der Waals surface area contributed by atoms with Crippen molar-refractivity contribution in [1.29, 1.82) is 0 Å². The zero-order valence-corrected chi connectivity index (χ0v) is 7.08. The standard InChI is InChI=1S/C4H7IN4/c1-2-7-3(5)9-4(6)8-2/h2H,1H3,(H3,6,7,8,9)/t2-/m1/s1. The number of nitrogens with one attached hydrogen (secondary N) is 1. The first kappa shape index (κ1) is 6.79. The Hall–Kier alpha value is -0.330. The van der Waals surface area contributed by atoms with E-state index < -0.39 is 0 Å². The van der Waals surface area contributed by atoms with Gasteiger partial charge in [-0.3, -0.25) is 0 Å². The summed E-state index contributed by atoms with van der Waals surface area (Å²) in [5, 5.41) is 2.77. The summed E-state index contributed by atoms with van der Waals surface area (Å²) in [5.41, 5.74) is 5.37. The SMILES string of the molecule is C[C@H]1N=C(N)NC(I)=N1. The molecule has 0 saturated carbocycles. The molecular weight excluding hydrogens is 231 g/mol. The highest BCUT2D eigenvalue weighted by molar-refractivity contribution is 14.1. The van der Waals surface area contributed by atoms with Crippen molar-refractivity contribution in [2.45, 2.75) is 13.1 Å². The van der Waals surface area contributed by atoms with Gasteiger partial charge in [0.15, 0.2) is 9.80 Å². The number of amidine groups is 1. The van der Waals surface area contributed by atoms with Gasteiger partial charge in [0.1, 0.15) is 6.17 Å². The first-order valence-corrected chi connectivity index (χ1v) is 3.60. The van der Waals surface area contributed by atoms with Crippen molar-refractivity contribution in [1.82, 2.24) is 5.32 Å². The van der Waals surface area contributed by atoms with Crippen LogP contribution in [0.1, 0.15) is 6.92 Å². The fourth-order valence-electron chi connectivity index (χ4n) is 0.564. The van der Waals surface area contributed by atoms with Crippen molar-refractivity contribution in [2.75, 3.05) is 0 Å². The number of guanidine groups is 1. The highest BCUT2D eigenvalue weighted by Crippen LogP contribution is 1.99. The molecule has 0 saturated heterocycles. The van der Waals surface area contributed by atoms with Gasteiger partial charge in [-0.2, -0.15) is 0 Å². The zero-order chi connectivity index (χ0) is 6.85. The number of nitrogens with zero attached hydrogens (tertiary/aromatic N) is 2. The molecule has 1 aliphatic rings. The van der Waals surface area contributed by atoms with Gasteiger partial charge in [0.05, 0.1) is 0 Å². The molecular formula is C4H7IN4. The Labute approximate surface area is 66.8 Å². The quantitative estimate of drug-likeness (QED) is 0.462. The van der Waals surface area contributed by atoms with Crippen LogP contribution < -0.4 is 11.1 Å². The normalized spacial score (nSPS) is 26.2. The Morgan fingerprint density at radius 1 is 1.67 bits per heavy atom. The van der Waals surface area contributed by atoms with E-state index in [-0.39, 0.29) is 6.17 Å². The van der Waals surface area contributed by atoms with Gasteiger partial charge in [-0.1, -0.05) is 0 Å². The van der Waals surface area contributed by atoms with Gasteiger partial charge in [-0.05, 0) is 29.5 Å². The summed E-state index contributed by atoms with van der Waals surface area (Å²) >= 11 is 2.07. The second kappa shape index (κ2) is 2.51. The molecule has 0 amide bonds. The van der Waals surface area contributed by atoms with Gasteiger partial charge in [0.2, 0.25) is 0 Å². The van der Waals surface area contributed by atoms with E-state index in [0.29, 0.717) is 5.96 Å². The Morgan fingerprint density at radius 3 is 2.78 bits per heavy atom. The molecule has 0 aromatic carbocycles. The van der Waals surface area contributed by atoms with Gasteiger partial charge >= 0.3 is 0 Å². The highest BCUT2D eigenvalue weighted by Gasteiger charge is 2.06. The molecule has 0 bridgehead atoms. The summed E-state index contributed by atoms with van der Waals surface area (Å²) in [7, 11) is 0. The predicted octanol–water partition coefficient (Wildman–Crippen LogP) is 0.0413. The third kappa shape index (κ3) is 1.81. The van der Waals surface area contributed by atoms with E-state index in [2.05, 4.69) is 37.9 Å². The maximum Gasteiger partial charge on any atom is 0.196 e. The van der Waals surface area contributed by atoms with E-state index in [9.17, 15) is 0 Å². The third-order valence-electron chi connectivity index (χ3n) is 0.857. The highest BCUT2D eigenvalue weighted by atomic mass is 127. The average molecular weight is 238 g/mol. The molecule has 0 unspecified atom stereocenters. The maximum absolute atomic E-state index is 5.37. The molecule has 1 atom stereocenters. The van der Waals surface area contributed by atoms with Crippen LogP contribution in [0.5, 0.6) is 0 Å². The summed E-state index contributed by atoms with van der Waals surface area (Å²) in [6.45, 7) is 1.88. The van der Waals surface area contributed by atoms with Crippen molar-refractivity contribution < 1.29 is 0 Å². The van der Waals surface area contributed by atoms with Crippen LogP contribution in [-0.2, 0) is 0 Å². The lowest BCUT2D eigenvalue weighted by Gasteiger charge is -2.11. The van der Waals surface area contributed by atoms with Crippen LogP contribution in [0.2, 0.25) is 0 Å². The lowest BCUT2D eigenvalue weighted by atomic mass is 10.6. The van der Waals surface area contributed by atoms with E-state index in [1.54, 1.807) is 0 Å². The van der Waals surface area contributed by atoms with Crippen molar-refractivity contribution in [3.63, 3.8) is 0 Å². The second-order valence-electron chi connectivity index (χ2n) is 1.69. The van der Waals surface area contributed by atoms with Crippen LogP contribution in [0.15, 0.2) is 9.98 Å². The largest absolute Gasteiger partial charge is 0.370 e. The minimum Gasteiger partial charge on any atom is -0.370 e. The van der Waals surface area contributed by atoms with Gasteiger partial charge in [-0.25, -0.2) is 9.98 Å². The van der Waals surface area contributed by atoms with Crippen LogP contribution in [0.25, 0.3) is 0 Å². The lowest BCUT2D eigenvalue weighted by molar-refractivity contribution is 0.774. The van der Waals surface area contributed by atoms with Crippen LogP contribution in [0, 0.1) is 0 Å². The Balaban J connectivity index is 2.69. The molecule has 0 aromatic heterocycles. The average Bonchev–Trinajstić information content (AvgIpc) is 1.59. The van der Waals surface area contributed by atoms with E-state index in [0.717, 1.165) is 3.84 Å². The van der Waals surface area contributed by atoms with Crippen molar-refractivity contribution in [2.24, 2.45) is 15.7 Å². The van der Waals surface area contributed by atoms with Crippen LogP contribution in [0.3, 0.4) is 0 Å². The molecule has 0 aliphatic carbocycles. The summed E-state index contributed by atoms with van der Waals surface area (Å²) in [5.74, 6) is 0.446. The molecule has 0 aromatic rings. The van der Waals surface area contributed by atoms with E-state index in [1.807, 2.05) is 6.92 Å². The molecule has 9 heavy (non-hydrogen) atoms. The Kier molecular flexibility index (Phi) is 1.89. The molecule has 1 heterocycles. The van der Waals surface area contributed by atoms with E-state index in [1.165, 1.54) is 0 Å². The number of halogens is 1. The molecule has 1 rings (SSSR count). The molecule has 50 valence electrons. The van der Waals surface area contributed by atoms with Gasteiger partial charge in [0, 0.05) is 0 Å². The van der Waals surface area contributed by atoms with Crippen molar-refractivity contribution in [3.8, 4) is 0 Å². The number of aliphatic imine (C=N–C) groups is 2. The van der Waals surface area contributed by atoms with Crippen LogP contribution in [0.4, 0.5) is 0 Å². The monoisotopic (exact) mass is 238 g/mol. The summed E-state index contributed by atoms with van der Waals surface area (Å²) in [6.07, 6.45) is -0.0295. The summed E-state index contributed by atoms with van der Waals surface area (Å²) in [4.78, 5) is 7.98. The van der Waals surface area contributed by atoms with E-state index in [4.69, 9.17) is 5.73 Å². The molecule has 4 nitrogen and oxygen atoms in total. The fourth-order valence-corrected chi connectivity index (χ4v) is 1.24. The number of rotatable bonds is 0. The van der Waals surface area contributed by atoms with Crippen molar-refractivity contribution in [3.05, 3.63) is 0 Å². The molecule has 0 radical (unpaired) electrons. The number of hydrogen-bond donors (Lipinski definition) is 2.